The molecule has 0 aliphatic carbocycles. The fourth-order valence-electron chi connectivity index (χ4n) is 4.87. The van der Waals surface area contributed by atoms with Crippen LogP contribution in [0.25, 0.3) is 0 Å². The van der Waals surface area contributed by atoms with Gasteiger partial charge in [0.05, 0.1) is 18.4 Å². The Kier molecular flexibility index (Phi) is 9.40. The van der Waals surface area contributed by atoms with Gasteiger partial charge >= 0.3 is 5.97 Å². The molecule has 4 rings (SSSR count). The van der Waals surface area contributed by atoms with Crippen molar-refractivity contribution >= 4 is 33.7 Å². The van der Waals surface area contributed by atoms with Crippen molar-refractivity contribution in [2.75, 3.05) is 11.9 Å². The highest BCUT2D eigenvalue weighted by atomic mass is 32.2. The molecule has 2 unspecified atom stereocenters. The molecule has 0 radical (unpaired) electrons. The van der Waals surface area contributed by atoms with E-state index in [0.29, 0.717) is 18.6 Å². The van der Waals surface area contributed by atoms with Gasteiger partial charge in [0.25, 0.3) is 16.0 Å². The molecule has 12 nitrogen and oxygen atoms in total. The molecule has 1 saturated heterocycles. The number of imidazole rings is 1. The van der Waals surface area contributed by atoms with Crippen LogP contribution < -0.4 is 10.1 Å². The maximum atomic E-state index is 13.8. The lowest BCUT2D eigenvalue weighted by Crippen LogP contribution is -2.44. The molecule has 1 fully saturated rings. The minimum Gasteiger partial charge on any atom is -0.488 e. The van der Waals surface area contributed by atoms with Gasteiger partial charge in [0, 0.05) is 12.6 Å². The second-order valence-corrected chi connectivity index (χ2v) is 11.2. The molecule has 1 aromatic heterocycles. The number of para-hydroxylation sites is 1. The van der Waals surface area contributed by atoms with E-state index in [1.165, 1.54) is 40.2 Å². The zero-order valence-electron chi connectivity index (χ0n) is 22.4. The number of hydrogen-bond acceptors (Lipinski definition) is 7. The zero-order chi connectivity index (χ0) is 29.6. The Morgan fingerprint density at radius 3 is 2.49 bits per heavy atom. The van der Waals surface area contributed by atoms with E-state index in [1.807, 2.05) is 25.1 Å². The van der Waals surface area contributed by atoms with E-state index in [4.69, 9.17) is 4.74 Å². The van der Waals surface area contributed by atoms with Crippen LogP contribution in [0.5, 0.6) is 5.75 Å². The average Bonchev–Trinajstić information content (AvgIpc) is 3.58. The average molecular weight is 585 g/mol. The van der Waals surface area contributed by atoms with Crippen molar-refractivity contribution in [3.63, 3.8) is 0 Å². The molecule has 41 heavy (non-hydrogen) atoms. The molecule has 3 aromatic rings. The Balaban J connectivity index is 1.55. The summed E-state index contributed by atoms with van der Waals surface area (Å²) in [5.74, 6) is -1.71. The number of carboxylic acids is 1. The molecule has 1 aliphatic heterocycles. The van der Waals surface area contributed by atoms with Crippen LogP contribution in [-0.2, 0) is 19.7 Å². The third kappa shape index (κ3) is 7.30. The number of anilines is 1. The van der Waals surface area contributed by atoms with Crippen LogP contribution >= 0.6 is 0 Å². The lowest BCUT2D eigenvalue weighted by atomic mass is 10.1. The number of aliphatic carboxylic acids is 1. The fourth-order valence-corrected chi connectivity index (χ4v) is 5.55. The second kappa shape index (κ2) is 13.0. The number of nitrogens with zero attached hydrogens (tertiary/aromatic N) is 3. The van der Waals surface area contributed by atoms with Crippen molar-refractivity contribution < 1.29 is 37.2 Å². The van der Waals surface area contributed by atoms with E-state index < -0.39 is 51.0 Å². The number of nitrogens with one attached hydrogen (secondary N) is 1. The highest BCUT2D eigenvalue weighted by molar-refractivity contribution is 7.86. The van der Waals surface area contributed by atoms with Crippen LogP contribution in [0.4, 0.5) is 5.82 Å². The number of carboxylic acid groups (broad SMARTS) is 1. The second-order valence-electron chi connectivity index (χ2n) is 9.78. The van der Waals surface area contributed by atoms with Gasteiger partial charge in [-0.2, -0.15) is 8.42 Å². The number of carbonyl (C=O) groups is 3. The Hall–Kier alpha value is -4.23. The lowest BCUT2D eigenvalue weighted by molar-refractivity contribution is -0.149. The van der Waals surface area contributed by atoms with E-state index in [2.05, 4.69) is 10.3 Å². The smallest absolute Gasteiger partial charge is 0.326 e. The molecule has 3 atom stereocenters. The van der Waals surface area contributed by atoms with Crippen molar-refractivity contribution in [1.82, 2.24) is 14.5 Å². The maximum Gasteiger partial charge on any atom is 0.326 e. The lowest BCUT2D eigenvalue weighted by Gasteiger charge is -2.27. The van der Waals surface area contributed by atoms with Gasteiger partial charge < -0.3 is 24.6 Å². The molecule has 3 N–H and O–H groups in total. The topological polar surface area (TPSA) is 168 Å². The molecule has 0 bridgehead atoms. The summed E-state index contributed by atoms with van der Waals surface area (Å²) in [6, 6.07) is 12.3. The molecule has 2 amide bonds. The summed E-state index contributed by atoms with van der Waals surface area (Å²) >= 11 is 0. The van der Waals surface area contributed by atoms with E-state index in [1.54, 1.807) is 12.1 Å². The van der Waals surface area contributed by atoms with E-state index in [9.17, 15) is 32.5 Å². The Morgan fingerprint density at radius 1 is 1.10 bits per heavy atom. The van der Waals surface area contributed by atoms with Crippen molar-refractivity contribution in [3.05, 3.63) is 72.7 Å². The van der Waals surface area contributed by atoms with Gasteiger partial charge in [-0.1, -0.05) is 56.5 Å². The first-order valence-corrected chi connectivity index (χ1v) is 14.7. The Morgan fingerprint density at radius 2 is 1.80 bits per heavy atom. The Labute approximate surface area is 237 Å². The zero-order valence-corrected chi connectivity index (χ0v) is 23.2. The highest BCUT2D eigenvalue weighted by Gasteiger charge is 2.43. The van der Waals surface area contributed by atoms with Crippen molar-refractivity contribution in [2.45, 2.75) is 62.1 Å². The standard InChI is InChI=1S/C28H32N4O8S/c1-2-3-5-13-22(27(34)32-16-20(15-23(32)28(35)36)40-19-10-6-4-7-11-19)31-17-25(29-18-31)30-26(33)21-12-8-9-14-24(21)41(37,38)39/h4,6-12,14,17-18,20,22-23H,2-3,5,13,15-16H2,1H3,(H,30,33)(H,35,36)(H,37,38,39)/t20?,22?,23-/m0/s1. The first-order valence-electron chi connectivity index (χ1n) is 13.2. The summed E-state index contributed by atoms with van der Waals surface area (Å²) < 4.78 is 40.3. The number of unbranched alkanes of at least 4 members (excludes halogenated alkanes) is 2. The summed E-state index contributed by atoms with van der Waals surface area (Å²) in [5, 5.41) is 12.4. The van der Waals surface area contributed by atoms with Crippen LogP contribution in [0.15, 0.2) is 72.0 Å². The van der Waals surface area contributed by atoms with Gasteiger partial charge in [-0.05, 0) is 30.7 Å². The summed E-state index contributed by atoms with van der Waals surface area (Å²) in [6.07, 6.45) is 5.31. The van der Waals surface area contributed by atoms with Gasteiger partial charge in [-0.3, -0.25) is 14.1 Å². The van der Waals surface area contributed by atoms with Gasteiger partial charge in [0.1, 0.15) is 28.8 Å². The van der Waals surface area contributed by atoms with E-state index in [0.717, 1.165) is 18.9 Å². The number of carbonyl (C=O) groups excluding carboxylic acids is 2. The number of likely N-dealkylation sites (tertiary alicyclic amines) is 1. The number of aromatic nitrogens is 2. The molecule has 1 aliphatic rings. The first-order chi connectivity index (χ1) is 19.6. The van der Waals surface area contributed by atoms with Crippen molar-refractivity contribution in [3.8, 4) is 5.75 Å². The number of ether oxygens (including phenoxy) is 1. The molecular formula is C28H32N4O8S. The largest absolute Gasteiger partial charge is 0.488 e. The first kappa shape index (κ1) is 29.7. The van der Waals surface area contributed by atoms with Crippen LogP contribution in [0.2, 0.25) is 0 Å². The highest BCUT2D eigenvalue weighted by Crippen LogP contribution is 2.29. The van der Waals surface area contributed by atoms with Gasteiger partial charge in [-0.15, -0.1) is 0 Å². The number of hydrogen-bond donors (Lipinski definition) is 3. The summed E-state index contributed by atoms with van der Waals surface area (Å²) in [7, 11) is -4.64. The molecule has 2 heterocycles. The number of benzene rings is 2. The SMILES string of the molecule is CCCCCC(C(=O)N1CC(Oc2ccccc2)C[C@H]1C(=O)O)n1cnc(NC(=O)c2ccccc2S(=O)(=O)O)c1. The Bertz CT molecular complexity index is 1490. The molecule has 13 heteroatoms. The minimum absolute atomic E-state index is 0.0509. The number of amides is 2. The van der Waals surface area contributed by atoms with Crippen molar-refractivity contribution in [1.29, 1.82) is 0 Å². The predicted molar refractivity (Wildman–Crippen MR) is 148 cm³/mol. The van der Waals surface area contributed by atoms with Gasteiger partial charge in [0.15, 0.2) is 5.82 Å². The van der Waals surface area contributed by atoms with Gasteiger partial charge in [-0.25, -0.2) is 9.78 Å². The number of rotatable bonds is 12. The molecule has 0 spiro atoms. The van der Waals surface area contributed by atoms with E-state index >= 15 is 0 Å². The van der Waals surface area contributed by atoms with Crippen LogP contribution in [0.3, 0.4) is 0 Å². The monoisotopic (exact) mass is 584 g/mol. The van der Waals surface area contributed by atoms with Crippen LogP contribution in [0, 0.1) is 0 Å². The minimum atomic E-state index is -4.64. The van der Waals surface area contributed by atoms with Gasteiger partial charge in [0.2, 0.25) is 5.91 Å². The van der Waals surface area contributed by atoms with Crippen LogP contribution in [-0.4, -0.2) is 69.0 Å². The third-order valence-electron chi connectivity index (χ3n) is 6.86. The predicted octanol–water partition coefficient (Wildman–Crippen LogP) is 3.64. The molecule has 0 saturated carbocycles. The van der Waals surface area contributed by atoms with Crippen molar-refractivity contribution in [2.24, 2.45) is 0 Å². The molecular weight excluding hydrogens is 552 g/mol. The van der Waals surface area contributed by atoms with Crippen LogP contribution in [0.1, 0.15) is 55.4 Å². The quantitative estimate of drug-likeness (QED) is 0.213. The van der Waals surface area contributed by atoms with E-state index in [-0.39, 0.29) is 24.3 Å². The molecule has 2 aromatic carbocycles. The summed E-state index contributed by atoms with van der Waals surface area (Å²) in [4.78, 5) is 43.7. The maximum absolute atomic E-state index is 13.8. The fraction of sp³-hybridized carbons (Fsp3) is 0.357. The summed E-state index contributed by atoms with van der Waals surface area (Å²) in [6.45, 7) is 2.12. The molecule has 218 valence electrons. The summed E-state index contributed by atoms with van der Waals surface area (Å²) in [5.41, 5.74) is -0.272. The third-order valence-corrected chi connectivity index (χ3v) is 7.77. The normalized spacial score (nSPS) is 17.7.